The first kappa shape index (κ1) is 13.1. The highest BCUT2D eigenvalue weighted by Gasteiger charge is 2.07. The molecule has 0 radical (unpaired) electrons. The van der Waals surface area contributed by atoms with Crippen molar-refractivity contribution in [2.75, 3.05) is 5.73 Å². The Kier molecular flexibility index (Phi) is 3.66. The van der Waals surface area contributed by atoms with Crippen LogP contribution in [-0.4, -0.2) is 24.5 Å². The zero-order chi connectivity index (χ0) is 13.9. The van der Waals surface area contributed by atoms with Crippen LogP contribution in [0, 0.1) is 0 Å². The van der Waals surface area contributed by atoms with Crippen LogP contribution < -0.4 is 5.73 Å². The third-order valence-corrected chi connectivity index (χ3v) is 3.78. The number of halogens is 1. The molecule has 3 rings (SSSR count). The van der Waals surface area contributed by atoms with Crippen LogP contribution in [0.15, 0.2) is 57.5 Å². The van der Waals surface area contributed by atoms with Gasteiger partial charge >= 0.3 is 0 Å². The van der Waals surface area contributed by atoms with Gasteiger partial charge in [0.15, 0.2) is 5.16 Å². The third kappa shape index (κ3) is 2.97. The Morgan fingerprint density at radius 3 is 2.60 bits per heavy atom. The molecule has 0 spiro atoms. The molecule has 6 nitrogen and oxygen atoms in total. The number of nitrogens with zero attached hydrogens (tertiary/aromatic N) is 5. The van der Waals surface area contributed by atoms with Crippen LogP contribution in [0.4, 0.5) is 5.95 Å². The Hall–Kier alpha value is -1.93. The van der Waals surface area contributed by atoms with Gasteiger partial charge in [0, 0.05) is 21.8 Å². The summed E-state index contributed by atoms with van der Waals surface area (Å²) in [7, 11) is 0. The molecule has 2 heterocycles. The van der Waals surface area contributed by atoms with E-state index < -0.39 is 0 Å². The summed E-state index contributed by atoms with van der Waals surface area (Å²) >= 11 is 4.82. The van der Waals surface area contributed by atoms with Crippen molar-refractivity contribution in [3.05, 3.63) is 47.5 Å². The highest BCUT2D eigenvalue weighted by Crippen LogP contribution is 2.26. The van der Waals surface area contributed by atoms with Crippen molar-refractivity contribution in [3.63, 3.8) is 0 Å². The van der Waals surface area contributed by atoms with Gasteiger partial charge in [-0.05, 0) is 36.0 Å². The van der Waals surface area contributed by atoms with E-state index in [1.54, 1.807) is 23.3 Å². The van der Waals surface area contributed by atoms with E-state index in [1.165, 1.54) is 11.8 Å². The maximum atomic E-state index is 5.73. The predicted octanol–water partition coefficient (Wildman–Crippen LogP) is 2.55. The number of nitrogen functional groups attached to an aromatic ring is 1. The number of benzene rings is 1. The van der Waals surface area contributed by atoms with Gasteiger partial charge in [0.25, 0.3) is 0 Å². The minimum absolute atomic E-state index is 0.184. The van der Waals surface area contributed by atoms with Crippen molar-refractivity contribution in [2.24, 2.45) is 0 Å². The Morgan fingerprint density at radius 2 is 1.90 bits per heavy atom. The fourth-order valence-corrected chi connectivity index (χ4v) is 2.52. The Balaban J connectivity index is 1.92. The number of anilines is 1. The molecule has 0 aliphatic heterocycles. The first-order valence-electron chi connectivity index (χ1n) is 5.64. The van der Waals surface area contributed by atoms with E-state index in [4.69, 9.17) is 5.73 Å². The summed E-state index contributed by atoms with van der Waals surface area (Å²) in [5.41, 5.74) is 5.73. The van der Waals surface area contributed by atoms with Crippen LogP contribution in [0.2, 0.25) is 0 Å². The van der Waals surface area contributed by atoms with E-state index in [9.17, 15) is 0 Å². The van der Waals surface area contributed by atoms with Crippen molar-refractivity contribution in [3.8, 4) is 5.95 Å². The van der Waals surface area contributed by atoms with E-state index in [0.717, 1.165) is 9.37 Å². The maximum absolute atomic E-state index is 5.73. The quantitative estimate of drug-likeness (QED) is 0.783. The fraction of sp³-hybridized carbons (Fsp3) is 0. The van der Waals surface area contributed by atoms with E-state index >= 15 is 0 Å². The van der Waals surface area contributed by atoms with Crippen LogP contribution >= 0.6 is 27.7 Å². The number of hydrogen-bond donors (Lipinski definition) is 1. The van der Waals surface area contributed by atoms with Gasteiger partial charge in [-0.3, -0.25) is 4.57 Å². The van der Waals surface area contributed by atoms with Crippen molar-refractivity contribution >= 4 is 33.6 Å². The lowest BCUT2D eigenvalue weighted by Crippen LogP contribution is -2.05. The first-order valence-corrected chi connectivity index (χ1v) is 7.25. The van der Waals surface area contributed by atoms with Crippen molar-refractivity contribution in [1.82, 2.24) is 24.5 Å². The molecule has 0 aliphatic carbocycles. The minimum Gasteiger partial charge on any atom is -0.368 e. The molecule has 0 unspecified atom stereocenters. The Labute approximate surface area is 127 Å². The molecule has 0 amide bonds. The van der Waals surface area contributed by atoms with Gasteiger partial charge in [-0.2, -0.15) is 15.0 Å². The largest absolute Gasteiger partial charge is 0.368 e. The van der Waals surface area contributed by atoms with Crippen molar-refractivity contribution < 1.29 is 0 Å². The second-order valence-corrected chi connectivity index (χ2v) is 5.76. The fourth-order valence-electron chi connectivity index (χ4n) is 1.51. The third-order valence-electron chi connectivity index (χ3n) is 2.38. The standard InChI is InChI=1S/C12H9BrN6S/c13-8-1-3-9(4-2-8)20-12-17-10(14)16-11(18-12)19-6-5-15-7-19/h1-7H,(H2,14,16,17,18). The van der Waals surface area contributed by atoms with Crippen LogP contribution in [-0.2, 0) is 0 Å². The number of hydrogen-bond acceptors (Lipinski definition) is 6. The highest BCUT2D eigenvalue weighted by atomic mass is 79.9. The van der Waals surface area contributed by atoms with Gasteiger partial charge in [-0.15, -0.1) is 0 Å². The van der Waals surface area contributed by atoms with E-state index in [2.05, 4.69) is 35.9 Å². The van der Waals surface area contributed by atoms with Crippen LogP contribution in [0.1, 0.15) is 0 Å². The SMILES string of the molecule is Nc1nc(Sc2ccc(Br)cc2)nc(-n2ccnc2)n1. The molecule has 8 heteroatoms. The highest BCUT2D eigenvalue weighted by molar-refractivity contribution is 9.10. The van der Waals surface area contributed by atoms with Gasteiger partial charge < -0.3 is 5.73 Å². The van der Waals surface area contributed by atoms with Gasteiger partial charge in [-0.25, -0.2) is 4.98 Å². The first-order chi connectivity index (χ1) is 9.70. The summed E-state index contributed by atoms with van der Waals surface area (Å²) in [6.07, 6.45) is 5.02. The van der Waals surface area contributed by atoms with Crippen molar-refractivity contribution in [2.45, 2.75) is 10.1 Å². The Bertz CT molecular complexity index is 713. The molecule has 0 fully saturated rings. The van der Waals surface area contributed by atoms with Gasteiger partial charge in [0.05, 0.1) is 0 Å². The molecule has 1 aromatic carbocycles. The van der Waals surface area contributed by atoms with Crippen LogP contribution in [0.5, 0.6) is 0 Å². The molecule has 3 aromatic rings. The van der Waals surface area contributed by atoms with E-state index in [1.807, 2.05) is 24.3 Å². The number of rotatable bonds is 3. The average Bonchev–Trinajstić information content (AvgIpc) is 2.95. The van der Waals surface area contributed by atoms with Gasteiger partial charge in [-0.1, -0.05) is 15.9 Å². The molecule has 0 aliphatic rings. The average molecular weight is 349 g/mol. The summed E-state index contributed by atoms with van der Waals surface area (Å²) in [6, 6.07) is 7.88. The number of nitrogens with two attached hydrogens (primary N) is 1. The van der Waals surface area contributed by atoms with Crippen molar-refractivity contribution in [1.29, 1.82) is 0 Å². The summed E-state index contributed by atoms with van der Waals surface area (Å²) in [6.45, 7) is 0. The molecule has 0 saturated carbocycles. The predicted molar refractivity (Wildman–Crippen MR) is 79.6 cm³/mol. The lowest BCUT2D eigenvalue weighted by Gasteiger charge is -2.04. The van der Waals surface area contributed by atoms with Crippen LogP contribution in [0.3, 0.4) is 0 Å². The van der Waals surface area contributed by atoms with E-state index in [0.29, 0.717) is 11.1 Å². The maximum Gasteiger partial charge on any atom is 0.240 e. The van der Waals surface area contributed by atoms with Gasteiger partial charge in [0.1, 0.15) is 6.33 Å². The van der Waals surface area contributed by atoms with Crippen LogP contribution in [0.25, 0.3) is 5.95 Å². The van der Waals surface area contributed by atoms with E-state index in [-0.39, 0.29) is 5.95 Å². The molecular formula is C12H9BrN6S. The summed E-state index contributed by atoms with van der Waals surface area (Å²) in [5.74, 6) is 0.637. The monoisotopic (exact) mass is 348 g/mol. The molecule has 0 saturated heterocycles. The smallest absolute Gasteiger partial charge is 0.240 e. The second-order valence-electron chi connectivity index (χ2n) is 3.80. The summed E-state index contributed by atoms with van der Waals surface area (Å²) in [4.78, 5) is 17.6. The molecular weight excluding hydrogens is 340 g/mol. The molecule has 100 valence electrons. The second kappa shape index (κ2) is 5.59. The molecule has 0 bridgehead atoms. The lowest BCUT2D eigenvalue weighted by molar-refractivity contribution is 0.832. The Morgan fingerprint density at radius 1 is 1.10 bits per heavy atom. The summed E-state index contributed by atoms with van der Waals surface area (Å²) < 4.78 is 2.71. The number of imidazole rings is 1. The molecule has 20 heavy (non-hydrogen) atoms. The molecule has 0 atom stereocenters. The number of aromatic nitrogens is 5. The molecule has 2 N–H and O–H groups in total. The normalized spacial score (nSPS) is 10.7. The lowest BCUT2D eigenvalue weighted by atomic mass is 10.4. The summed E-state index contributed by atoms with van der Waals surface area (Å²) in [5, 5.41) is 0.545. The topological polar surface area (TPSA) is 82.5 Å². The minimum atomic E-state index is 0.184. The molecule has 2 aromatic heterocycles. The zero-order valence-electron chi connectivity index (χ0n) is 10.1. The van der Waals surface area contributed by atoms with Gasteiger partial charge in [0.2, 0.25) is 11.9 Å². The zero-order valence-corrected chi connectivity index (χ0v) is 12.5.